The standard InChI is InChI=1S/C25H21N5O2S/c1-17-6-2-3-7-21(17)26-24(31)19-12-10-18(11-13-19)14-30-15-20(28-29-30)16-33-25-27-22-8-4-5-9-23(22)32-25/h2-13,15H,14,16H2,1H3,(H,26,31). The zero-order chi connectivity index (χ0) is 22.6. The highest BCUT2D eigenvalue weighted by Crippen LogP contribution is 2.25. The number of hydrogen-bond acceptors (Lipinski definition) is 6. The highest BCUT2D eigenvalue weighted by molar-refractivity contribution is 7.98. The topological polar surface area (TPSA) is 85.8 Å². The van der Waals surface area contributed by atoms with Gasteiger partial charge in [-0.15, -0.1) is 5.10 Å². The molecule has 0 radical (unpaired) electrons. The van der Waals surface area contributed by atoms with E-state index in [1.165, 1.54) is 11.8 Å². The van der Waals surface area contributed by atoms with Crippen LogP contribution in [0.3, 0.4) is 0 Å². The average molecular weight is 456 g/mol. The maximum absolute atomic E-state index is 12.5. The first-order valence-corrected chi connectivity index (χ1v) is 11.5. The Bertz CT molecular complexity index is 1370. The van der Waals surface area contributed by atoms with Crippen LogP contribution < -0.4 is 5.32 Å². The molecule has 1 amide bonds. The fraction of sp³-hybridized carbons (Fsp3) is 0.120. The van der Waals surface area contributed by atoms with E-state index in [0.29, 0.717) is 23.1 Å². The Morgan fingerprint density at radius 1 is 1.03 bits per heavy atom. The van der Waals surface area contributed by atoms with Crippen molar-refractivity contribution in [2.75, 3.05) is 5.32 Å². The maximum Gasteiger partial charge on any atom is 0.257 e. The Labute approximate surface area is 194 Å². The lowest BCUT2D eigenvalue weighted by Gasteiger charge is -2.08. The molecule has 0 fully saturated rings. The summed E-state index contributed by atoms with van der Waals surface area (Å²) in [7, 11) is 0. The van der Waals surface area contributed by atoms with Crippen LogP contribution in [0, 0.1) is 6.92 Å². The highest BCUT2D eigenvalue weighted by atomic mass is 32.2. The minimum atomic E-state index is -0.130. The number of hydrogen-bond donors (Lipinski definition) is 1. The zero-order valence-electron chi connectivity index (χ0n) is 17.9. The van der Waals surface area contributed by atoms with Gasteiger partial charge in [-0.05, 0) is 48.4 Å². The second-order valence-corrected chi connectivity index (χ2v) is 8.54. The molecule has 0 saturated heterocycles. The molecule has 0 atom stereocenters. The Morgan fingerprint density at radius 3 is 2.64 bits per heavy atom. The third kappa shape index (κ3) is 4.96. The van der Waals surface area contributed by atoms with Gasteiger partial charge in [0.25, 0.3) is 11.1 Å². The summed E-state index contributed by atoms with van der Waals surface area (Å²) in [5, 5.41) is 12.0. The molecule has 2 aromatic heterocycles. The fourth-order valence-electron chi connectivity index (χ4n) is 3.39. The van der Waals surface area contributed by atoms with Gasteiger partial charge in [-0.25, -0.2) is 9.67 Å². The second kappa shape index (κ2) is 9.30. The normalized spacial score (nSPS) is 11.1. The van der Waals surface area contributed by atoms with Crippen LogP contribution in [0.4, 0.5) is 5.69 Å². The SMILES string of the molecule is Cc1ccccc1NC(=O)c1ccc(Cn2cc(CSc3nc4ccccc4o3)nn2)cc1. The number of nitrogens with one attached hydrogen (secondary N) is 1. The number of oxazole rings is 1. The first-order valence-electron chi connectivity index (χ1n) is 10.5. The van der Waals surface area contributed by atoms with Crippen LogP contribution in [0.15, 0.2) is 88.6 Å². The van der Waals surface area contributed by atoms with Crippen molar-refractivity contribution in [3.63, 3.8) is 0 Å². The summed E-state index contributed by atoms with van der Waals surface area (Å²) in [6.07, 6.45) is 1.91. The van der Waals surface area contributed by atoms with E-state index in [1.807, 2.05) is 85.9 Å². The van der Waals surface area contributed by atoms with E-state index in [9.17, 15) is 4.79 Å². The molecule has 1 N–H and O–H groups in total. The van der Waals surface area contributed by atoms with E-state index >= 15 is 0 Å². The zero-order valence-corrected chi connectivity index (χ0v) is 18.7. The summed E-state index contributed by atoms with van der Waals surface area (Å²) in [5.41, 5.74) is 5.95. The van der Waals surface area contributed by atoms with Crippen LogP contribution in [0.1, 0.15) is 27.2 Å². The van der Waals surface area contributed by atoms with Gasteiger partial charge in [-0.2, -0.15) is 0 Å². The predicted octanol–water partition coefficient (Wildman–Crippen LogP) is 5.32. The largest absolute Gasteiger partial charge is 0.431 e. The summed E-state index contributed by atoms with van der Waals surface area (Å²) in [4.78, 5) is 17.0. The maximum atomic E-state index is 12.5. The van der Waals surface area contributed by atoms with Crippen molar-refractivity contribution in [3.8, 4) is 0 Å². The first-order chi connectivity index (χ1) is 16.1. The minimum Gasteiger partial charge on any atom is -0.431 e. The summed E-state index contributed by atoms with van der Waals surface area (Å²) in [6, 6.07) is 22.9. The fourth-order valence-corrected chi connectivity index (χ4v) is 4.10. The molecular formula is C25H21N5O2S. The number of carbonyl (C=O) groups excluding carboxylic acids is 1. The number of aromatic nitrogens is 4. The average Bonchev–Trinajstić information content (AvgIpc) is 3.46. The summed E-state index contributed by atoms with van der Waals surface area (Å²) in [6.45, 7) is 2.54. The molecule has 5 aromatic rings. The first kappa shape index (κ1) is 21.0. The van der Waals surface area contributed by atoms with Crippen molar-refractivity contribution in [2.24, 2.45) is 0 Å². The number of amides is 1. The molecule has 3 aromatic carbocycles. The number of aryl methyl sites for hydroxylation is 1. The Hall–Kier alpha value is -3.91. The van der Waals surface area contributed by atoms with Crippen molar-refractivity contribution < 1.29 is 9.21 Å². The highest BCUT2D eigenvalue weighted by Gasteiger charge is 2.10. The van der Waals surface area contributed by atoms with E-state index < -0.39 is 0 Å². The Kier molecular flexibility index (Phi) is 5.91. The lowest BCUT2D eigenvalue weighted by molar-refractivity contribution is 0.102. The lowest BCUT2D eigenvalue weighted by Crippen LogP contribution is -2.12. The molecule has 0 saturated carbocycles. The molecule has 0 bridgehead atoms. The van der Waals surface area contributed by atoms with Gasteiger partial charge in [0, 0.05) is 23.2 Å². The van der Waals surface area contributed by atoms with E-state index in [-0.39, 0.29) is 5.91 Å². The quantitative estimate of drug-likeness (QED) is 0.334. The van der Waals surface area contributed by atoms with Crippen molar-refractivity contribution in [1.29, 1.82) is 0 Å². The van der Waals surface area contributed by atoms with Crippen LogP contribution in [0.5, 0.6) is 0 Å². The van der Waals surface area contributed by atoms with E-state index in [0.717, 1.165) is 33.6 Å². The van der Waals surface area contributed by atoms with Crippen LogP contribution in [-0.4, -0.2) is 25.9 Å². The van der Waals surface area contributed by atoms with Gasteiger partial charge in [-0.1, -0.05) is 59.4 Å². The predicted molar refractivity (Wildman–Crippen MR) is 128 cm³/mol. The molecule has 0 spiro atoms. The smallest absolute Gasteiger partial charge is 0.257 e. The number of carbonyl (C=O) groups is 1. The van der Waals surface area contributed by atoms with Crippen molar-refractivity contribution in [2.45, 2.75) is 24.4 Å². The third-order valence-electron chi connectivity index (χ3n) is 5.16. The van der Waals surface area contributed by atoms with Crippen LogP contribution in [-0.2, 0) is 12.3 Å². The molecular weight excluding hydrogens is 434 g/mol. The number of rotatable bonds is 7. The molecule has 7 nitrogen and oxygen atoms in total. The summed E-state index contributed by atoms with van der Waals surface area (Å²) in [5.74, 6) is 0.486. The molecule has 0 aliphatic rings. The number of fused-ring (bicyclic) bond motifs is 1. The molecule has 2 heterocycles. The Balaban J connectivity index is 1.18. The van der Waals surface area contributed by atoms with Gasteiger partial charge in [-0.3, -0.25) is 4.79 Å². The molecule has 164 valence electrons. The van der Waals surface area contributed by atoms with Crippen molar-refractivity contribution in [3.05, 3.63) is 101 Å². The molecule has 0 aliphatic heterocycles. The van der Waals surface area contributed by atoms with Gasteiger partial charge >= 0.3 is 0 Å². The monoisotopic (exact) mass is 455 g/mol. The number of thioether (sulfide) groups is 1. The van der Waals surface area contributed by atoms with E-state index in [2.05, 4.69) is 20.6 Å². The lowest BCUT2D eigenvalue weighted by atomic mass is 10.1. The Morgan fingerprint density at radius 2 is 1.82 bits per heavy atom. The van der Waals surface area contributed by atoms with E-state index in [4.69, 9.17) is 4.42 Å². The number of nitrogens with zero attached hydrogens (tertiary/aromatic N) is 4. The van der Waals surface area contributed by atoms with Crippen LogP contribution >= 0.6 is 11.8 Å². The molecule has 33 heavy (non-hydrogen) atoms. The third-order valence-corrected chi connectivity index (χ3v) is 6.02. The van der Waals surface area contributed by atoms with Gasteiger partial charge < -0.3 is 9.73 Å². The molecule has 5 rings (SSSR count). The van der Waals surface area contributed by atoms with Crippen molar-refractivity contribution >= 4 is 34.5 Å². The van der Waals surface area contributed by atoms with Gasteiger partial charge in [0.05, 0.1) is 12.2 Å². The van der Waals surface area contributed by atoms with Gasteiger partial charge in [0.1, 0.15) is 5.52 Å². The summed E-state index contributed by atoms with van der Waals surface area (Å²) >= 11 is 1.49. The van der Waals surface area contributed by atoms with Gasteiger partial charge in [0.15, 0.2) is 5.58 Å². The van der Waals surface area contributed by atoms with Crippen molar-refractivity contribution in [1.82, 2.24) is 20.0 Å². The van der Waals surface area contributed by atoms with Gasteiger partial charge in [0.2, 0.25) is 0 Å². The van der Waals surface area contributed by atoms with E-state index in [1.54, 1.807) is 4.68 Å². The summed E-state index contributed by atoms with van der Waals surface area (Å²) < 4.78 is 7.51. The second-order valence-electron chi connectivity index (χ2n) is 7.61. The van der Waals surface area contributed by atoms with Crippen LogP contribution in [0.25, 0.3) is 11.1 Å². The molecule has 0 unspecified atom stereocenters. The number of benzene rings is 3. The number of anilines is 1. The minimum absolute atomic E-state index is 0.130. The van der Waals surface area contributed by atoms with Crippen LogP contribution in [0.2, 0.25) is 0 Å². The number of para-hydroxylation sites is 3. The molecule has 0 aliphatic carbocycles. The molecule has 8 heteroatoms.